The molecule has 1 aliphatic heterocycles. The maximum atomic E-state index is 12.1. The van der Waals surface area contributed by atoms with Gasteiger partial charge in [0.2, 0.25) is 0 Å². The number of carbonyl (C=O) groups is 1. The highest BCUT2D eigenvalue weighted by molar-refractivity contribution is 7.12. The first-order chi connectivity index (χ1) is 13.3. The van der Waals surface area contributed by atoms with E-state index in [1.807, 2.05) is 29.8 Å². The number of anilines is 2. The molecule has 3 aromatic rings. The van der Waals surface area contributed by atoms with Crippen LogP contribution in [0.1, 0.15) is 28.1 Å². The monoisotopic (exact) mass is 377 g/mol. The molecule has 1 amide bonds. The van der Waals surface area contributed by atoms with Crippen LogP contribution < -0.4 is 10.2 Å². The van der Waals surface area contributed by atoms with Crippen LogP contribution in [-0.2, 0) is 6.42 Å². The molecule has 1 fully saturated rings. The summed E-state index contributed by atoms with van der Waals surface area (Å²) in [6.45, 7) is 2.11. The highest BCUT2D eigenvalue weighted by Gasteiger charge is 2.20. The summed E-state index contributed by atoms with van der Waals surface area (Å²) in [5.74, 6) is 1.24. The fraction of sp³-hybridized carbons (Fsp3) is 0.273. The van der Waals surface area contributed by atoms with E-state index in [1.54, 1.807) is 0 Å². The number of piperidine rings is 1. The molecule has 0 radical (unpaired) electrons. The van der Waals surface area contributed by atoms with Crippen LogP contribution in [-0.4, -0.2) is 24.0 Å². The Labute approximate surface area is 163 Å². The predicted molar refractivity (Wildman–Crippen MR) is 112 cm³/mol. The van der Waals surface area contributed by atoms with Crippen LogP contribution in [0.3, 0.4) is 0 Å². The molecule has 0 spiro atoms. The number of nitrogens with one attached hydrogen (secondary N) is 1. The minimum absolute atomic E-state index is 0.105. The number of hydrogen-bond acceptors (Lipinski definition) is 4. The maximum Gasteiger partial charge on any atom is 0.266 e. The lowest BCUT2D eigenvalue weighted by molar-refractivity contribution is 0.103. The van der Waals surface area contributed by atoms with Crippen molar-refractivity contribution in [2.45, 2.75) is 19.3 Å². The zero-order chi connectivity index (χ0) is 18.5. The van der Waals surface area contributed by atoms with Crippen molar-refractivity contribution in [3.63, 3.8) is 0 Å². The normalized spacial score (nSPS) is 14.9. The van der Waals surface area contributed by atoms with Crippen molar-refractivity contribution in [3.8, 4) is 0 Å². The van der Waals surface area contributed by atoms with E-state index in [4.69, 9.17) is 0 Å². The van der Waals surface area contributed by atoms with Gasteiger partial charge in [-0.3, -0.25) is 4.79 Å². The van der Waals surface area contributed by atoms with Crippen molar-refractivity contribution in [1.82, 2.24) is 4.98 Å². The van der Waals surface area contributed by atoms with Crippen LogP contribution in [0.4, 0.5) is 11.5 Å². The Morgan fingerprint density at radius 3 is 2.56 bits per heavy atom. The van der Waals surface area contributed by atoms with Crippen LogP contribution in [0.25, 0.3) is 0 Å². The molecule has 4 nitrogen and oxygen atoms in total. The zero-order valence-corrected chi connectivity index (χ0v) is 16.0. The summed E-state index contributed by atoms with van der Waals surface area (Å²) < 4.78 is 0. The van der Waals surface area contributed by atoms with Gasteiger partial charge in [-0.15, -0.1) is 11.3 Å². The van der Waals surface area contributed by atoms with Crippen LogP contribution in [0.5, 0.6) is 0 Å². The number of rotatable bonds is 5. The Balaban J connectivity index is 1.30. The lowest BCUT2D eigenvalue weighted by Crippen LogP contribution is -2.34. The standard InChI is InChI=1S/C22H23N3OS/c26-22(20-7-4-14-27-20)24-21-9-8-19(16-23-21)25-12-10-18(11-13-25)15-17-5-2-1-3-6-17/h1-9,14,16,18H,10-13,15H2,(H,23,24,26). The molecule has 2 aromatic heterocycles. The molecule has 0 unspecified atom stereocenters. The third-order valence-electron chi connectivity index (χ3n) is 5.08. The highest BCUT2D eigenvalue weighted by Crippen LogP contribution is 2.26. The Morgan fingerprint density at radius 1 is 1.07 bits per heavy atom. The van der Waals surface area contributed by atoms with E-state index >= 15 is 0 Å². The van der Waals surface area contributed by atoms with E-state index in [0.717, 1.165) is 24.7 Å². The Kier molecular flexibility index (Phi) is 5.49. The topological polar surface area (TPSA) is 45.2 Å². The summed E-state index contributed by atoms with van der Waals surface area (Å²) in [5.41, 5.74) is 2.56. The van der Waals surface area contributed by atoms with Gasteiger partial charge in [0, 0.05) is 13.1 Å². The van der Waals surface area contributed by atoms with Crippen molar-refractivity contribution in [1.29, 1.82) is 0 Å². The summed E-state index contributed by atoms with van der Waals surface area (Å²) in [7, 11) is 0. The first kappa shape index (κ1) is 17.7. The average molecular weight is 378 g/mol. The molecule has 27 heavy (non-hydrogen) atoms. The fourth-order valence-electron chi connectivity index (χ4n) is 3.58. The Hall–Kier alpha value is -2.66. The van der Waals surface area contributed by atoms with Crippen LogP contribution in [0, 0.1) is 5.92 Å². The molecule has 0 saturated carbocycles. The molecular weight excluding hydrogens is 354 g/mol. The van der Waals surface area contributed by atoms with E-state index in [2.05, 4.69) is 51.6 Å². The molecule has 0 aliphatic carbocycles. The van der Waals surface area contributed by atoms with Crippen molar-refractivity contribution in [3.05, 3.63) is 76.6 Å². The van der Waals surface area contributed by atoms with E-state index < -0.39 is 0 Å². The first-order valence-electron chi connectivity index (χ1n) is 9.38. The van der Waals surface area contributed by atoms with Crippen molar-refractivity contribution < 1.29 is 4.79 Å². The number of aromatic nitrogens is 1. The molecule has 138 valence electrons. The molecule has 0 bridgehead atoms. The molecular formula is C22H23N3OS. The molecule has 1 N–H and O–H groups in total. The fourth-order valence-corrected chi connectivity index (χ4v) is 4.19. The number of nitrogens with zero attached hydrogens (tertiary/aromatic N) is 2. The van der Waals surface area contributed by atoms with Crippen LogP contribution in [0.2, 0.25) is 0 Å². The van der Waals surface area contributed by atoms with E-state index in [9.17, 15) is 4.79 Å². The van der Waals surface area contributed by atoms with Crippen molar-refractivity contribution >= 4 is 28.7 Å². The van der Waals surface area contributed by atoms with Gasteiger partial charge in [0.05, 0.1) is 16.8 Å². The summed E-state index contributed by atoms with van der Waals surface area (Å²) in [6, 6.07) is 18.4. The van der Waals surface area contributed by atoms with Crippen LogP contribution >= 0.6 is 11.3 Å². The van der Waals surface area contributed by atoms with E-state index in [-0.39, 0.29) is 5.91 Å². The van der Waals surface area contributed by atoms with Gasteiger partial charge >= 0.3 is 0 Å². The smallest absolute Gasteiger partial charge is 0.266 e. The second-order valence-corrected chi connectivity index (χ2v) is 7.90. The van der Waals surface area contributed by atoms with E-state index in [0.29, 0.717) is 10.7 Å². The number of pyridine rings is 1. The molecule has 3 heterocycles. The Morgan fingerprint density at radius 2 is 1.89 bits per heavy atom. The number of carbonyl (C=O) groups excluding carboxylic acids is 1. The number of benzene rings is 1. The van der Waals surface area contributed by atoms with Crippen molar-refractivity contribution in [2.24, 2.45) is 5.92 Å². The molecule has 0 atom stereocenters. The third-order valence-corrected chi connectivity index (χ3v) is 5.95. The molecule has 1 aliphatic rings. The van der Waals surface area contributed by atoms with Gasteiger partial charge in [0.1, 0.15) is 5.82 Å². The van der Waals surface area contributed by atoms with Gasteiger partial charge in [-0.25, -0.2) is 4.98 Å². The second-order valence-electron chi connectivity index (χ2n) is 6.95. The average Bonchev–Trinajstić information content (AvgIpc) is 3.25. The minimum atomic E-state index is -0.105. The number of amides is 1. The summed E-state index contributed by atoms with van der Waals surface area (Å²) in [6.07, 6.45) is 5.43. The molecule has 1 aromatic carbocycles. The quantitative estimate of drug-likeness (QED) is 0.691. The SMILES string of the molecule is O=C(Nc1ccc(N2CCC(Cc3ccccc3)CC2)cn1)c1cccs1. The largest absolute Gasteiger partial charge is 0.370 e. The summed E-state index contributed by atoms with van der Waals surface area (Å²) >= 11 is 1.43. The van der Waals surface area contributed by atoms with Gasteiger partial charge in [-0.2, -0.15) is 0 Å². The minimum Gasteiger partial charge on any atom is -0.370 e. The van der Waals surface area contributed by atoms with Gasteiger partial charge in [0.15, 0.2) is 0 Å². The predicted octanol–water partition coefficient (Wildman–Crippen LogP) is 4.85. The molecule has 5 heteroatoms. The number of hydrogen-bond donors (Lipinski definition) is 1. The highest BCUT2D eigenvalue weighted by atomic mass is 32.1. The lowest BCUT2D eigenvalue weighted by atomic mass is 9.90. The molecule has 4 rings (SSSR count). The second kappa shape index (κ2) is 8.35. The number of thiophene rings is 1. The van der Waals surface area contributed by atoms with Crippen molar-refractivity contribution in [2.75, 3.05) is 23.3 Å². The first-order valence-corrected chi connectivity index (χ1v) is 10.3. The van der Waals surface area contributed by atoms with E-state index in [1.165, 1.54) is 36.2 Å². The van der Waals surface area contributed by atoms with Gasteiger partial charge in [-0.1, -0.05) is 36.4 Å². The maximum absolute atomic E-state index is 12.1. The molecule has 1 saturated heterocycles. The van der Waals surface area contributed by atoms with Gasteiger partial charge < -0.3 is 10.2 Å². The summed E-state index contributed by atoms with van der Waals surface area (Å²) in [5, 5.41) is 4.75. The Bertz CT molecular complexity index is 854. The van der Waals surface area contributed by atoms with Gasteiger partial charge in [0.25, 0.3) is 5.91 Å². The zero-order valence-electron chi connectivity index (χ0n) is 15.2. The van der Waals surface area contributed by atoms with Gasteiger partial charge in [-0.05, 0) is 54.3 Å². The van der Waals surface area contributed by atoms with Crippen LogP contribution in [0.15, 0.2) is 66.2 Å². The third kappa shape index (κ3) is 4.55. The lowest BCUT2D eigenvalue weighted by Gasteiger charge is -2.33. The summed E-state index contributed by atoms with van der Waals surface area (Å²) in [4.78, 5) is 19.6.